The lowest BCUT2D eigenvalue weighted by Gasteiger charge is -2.13. The number of hydrogen-bond donors (Lipinski definition) is 1. The lowest BCUT2D eigenvalue weighted by atomic mass is 10.1. The smallest absolute Gasteiger partial charge is 0.241 e. The fraction of sp³-hybridized carbons (Fsp3) is 0.308. The van der Waals surface area contributed by atoms with E-state index < -0.39 is 10.0 Å². The highest BCUT2D eigenvalue weighted by Crippen LogP contribution is 2.29. The maximum atomic E-state index is 11.7. The van der Waals surface area contributed by atoms with Crippen molar-refractivity contribution in [2.75, 3.05) is 0 Å². The summed E-state index contributed by atoms with van der Waals surface area (Å²) in [5.41, 5.74) is 2.26. The molecule has 1 aromatic carbocycles. The van der Waals surface area contributed by atoms with Crippen LogP contribution in [0, 0.1) is 13.8 Å². The maximum absolute atomic E-state index is 11.7. The van der Waals surface area contributed by atoms with E-state index in [2.05, 4.69) is 5.10 Å². The predicted octanol–water partition coefficient (Wildman–Crippen LogP) is 1.26. The predicted molar refractivity (Wildman–Crippen MR) is 74.8 cm³/mol. The Kier molecular flexibility index (Phi) is 3.82. The Morgan fingerprint density at radius 1 is 1.35 bits per heavy atom. The molecule has 20 heavy (non-hydrogen) atoms. The van der Waals surface area contributed by atoms with Crippen LogP contribution in [0.25, 0.3) is 0 Å². The summed E-state index contributed by atoms with van der Waals surface area (Å²) >= 11 is 0. The first-order valence-electron chi connectivity index (χ1n) is 6.03. The van der Waals surface area contributed by atoms with Gasteiger partial charge in [-0.2, -0.15) is 5.10 Å². The van der Waals surface area contributed by atoms with Crippen LogP contribution in [0.4, 0.5) is 0 Å². The molecular formula is C13H17N3O3S. The second kappa shape index (κ2) is 5.26. The van der Waals surface area contributed by atoms with Crippen molar-refractivity contribution >= 4 is 10.0 Å². The Morgan fingerprint density at radius 3 is 2.60 bits per heavy atom. The Bertz CT molecular complexity index is 735. The van der Waals surface area contributed by atoms with E-state index in [1.54, 1.807) is 30.9 Å². The summed E-state index contributed by atoms with van der Waals surface area (Å²) in [4.78, 5) is 0.00549. The minimum atomic E-state index is -3.83. The zero-order valence-electron chi connectivity index (χ0n) is 11.6. The largest absolute Gasteiger partial charge is 0.486 e. The van der Waals surface area contributed by atoms with Gasteiger partial charge in [0, 0.05) is 13.2 Å². The van der Waals surface area contributed by atoms with E-state index in [-0.39, 0.29) is 17.3 Å². The van der Waals surface area contributed by atoms with E-state index in [4.69, 9.17) is 9.88 Å². The SMILES string of the molecule is Cc1cc(C)c(OCc2ccn(C)n2)c(S(N)(=O)=O)c1. The highest BCUT2D eigenvalue weighted by Gasteiger charge is 2.18. The molecule has 2 rings (SSSR count). The number of primary sulfonamides is 1. The first kappa shape index (κ1) is 14.5. The van der Waals surface area contributed by atoms with E-state index >= 15 is 0 Å². The van der Waals surface area contributed by atoms with Crippen molar-refractivity contribution in [2.45, 2.75) is 25.3 Å². The summed E-state index contributed by atoms with van der Waals surface area (Å²) < 4.78 is 30.6. The van der Waals surface area contributed by atoms with Crippen LogP contribution in [0.2, 0.25) is 0 Å². The number of nitrogens with zero attached hydrogens (tertiary/aromatic N) is 2. The first-order chi connectivity index (χ1) is 9.27. The number of benzene rings is 1. The Morgan fingerprint density at radius 2 is 2.05 bits per heavy atom. The molecule has 6 nitrogen and oxygen atoms in total. The number of aromatic nitrogens is 2. The molecule has 0 atom stereocenters. The summed E-state index contributed by atoms with van der Waals surface area (Å²) in [6.45, 7) is 3.78. The zero-order chi connectivity index (χ0) is 14.9. The minimum Gasteiger partial charge on any atom is -0.486 e. The van der Waals surface area contributed by atoms with Crippen LogP contribution < -0.4 is 9.88 Å². The van der Waals surface area contributed by atoms with Crippen molar-refractivity contribution in [2.24, 2.45) is 12.2 Å². The lowest BCUT2D eigenvalue weighted by Crippen LogP contribution is -2.15. The Labute approximate surface area is 118 Å². The zero-order valence-corrected chi connectivity index (χ0v) is 12.4. The minimum absolute atomic E-state index is 0.00549. The maximum Gasteiger partial charge on any atom is 0.241 e. The van der Waals surface area contributed by atoms with E-state index in [9.17, 15) is 8.42 Å². The molecule has 7 heteroatoms. The molecular weight excluding hydrogens is 278 g/mol. The number of sulfonamides is 1. The Hall–Kier alpha value is -1.86. The van der Waals surface area contributed by atoms with Crippen LogP contribution >= 0.6 is 0 Å². The van der Waals surface area contributed by atoms with Crippen LogP contribution in [-0.2, 0) is 23.7 Å². The van der Waals surface area contributed by atoms with Gasteiger partial charge in [-0.25, -0.2) is 13.6 Å². The van der Waals surface area contributed by atoms with E-state index in [1.165, 1.54) is 6.07 Å². The Balaban J connectivity index is 2.35. The summed E-state index contributed by atoms with van der Waals surface area (Å²) in [5.74, 6) is 0.281. The molecule has 0 saturated carbocycles. The molecule has 0 amide bonds. The second-order valence-corrected chi connectivity index (χ2v) is 6.25. The fourth-order valence-corrected chi connectivity index (χ4v) is 2.83. The van der Waals surface area contributed by atoms with E-state index in [0.29, 0.717) is 5.69 Å². The van der Waals surface area contributed by atoms with E-state index in [1.807, 2.05) is 13.0 Å². The average molecular weight is 295 g/mol. The van der Waals surface area contributed by atoms with Gasteiger partial charge in [0.2, 0.25) is 10.0 Å². The second-order valence-electron chi connectivity index (χ2n) is 4.72. The van der Waals surface area contributed by atoms with Gasteiger partial charge in [0.25, 0.3) is 0 Å². The van der Waals surface area contributed by atoms with Gasteiger partial charge in [-0.1, -0.05) is 6.07 Å². The highest BCUT2D eigenvalue weighted by molar-refractivity contribution is 7.89. The standard InChI is InChI=1S/C13H17N3O3S/c1-9-6-10(2)13(12(7-9)20(14,17)18)19-8-11-4-5-16(3)15-11/h4-7H,8H2,1-3H3,(H2,14,17,18). The molecule has 0 unspecified atom stereocenters. The van der Waals surface area contributed by atoms with Crippen molar-refractivity contribution in [3.8, 4) is 5.75 Å². The topological polar surface area (TPSA) is 87.2 Å². The van der Waals surface area contributed by atoms with Crippen molar-refractivity contribution in [1.29, 1.82) is 0 Å². The first-order valence-corrected chi connectivity index (χ1v) is 7.57. The van der Waals surface area contributed by atoms with Gasteiger partial charge in [-0.05, 0) is 37.1 Å². The number of aryl methyl sites for hydroxylation is 3. The number of ether oxygens (including phenoxy) is 1. The molecule has 0 spiro atoms. The summed E-state index contributed by atoms with van der Waals surface area (Å²) in [5, 5.41) is 9.42. The summed E-state index contributed by atoms with van der Waals surface area (Å²) in [6, 6.07) is 5.17. The third-order valence-electron chi connectivity index (χ3n) is 2.82. The van der Waals surface area contributed by atoms with Crippen LogP contribution in [0.15, 0.2) is 29.3 Å². The van der Waals surface area contributed by atoms with Crippen LogP contribution in [0.5, 0.6) is 5.75 Å². The fourth-order valence-electron chi connectivity index (χ4n) is 2.00. The third-order valence-corrected chi connectivity index (χ3v) is 3.74. The van der Waals surface area contributed by atoms with Crippen molar-refractivity contribution in [3.63, 3.8) is 0 Å². The quantitative estimate of drug-likeness (QED) is 0.920. The van der Waals surface area contributed by atoms with Gasteiger partial charge in [0.1, 0.15) is 17.3 Å². The van der Waals surface area contributed by atoms with Gasteiger partial charge < -0.3 is 4.74 Å². The molecule has 0 aliphatic rings. The monoisotopic (exact) mass is 295 g/mol. The van der Waals surface area contributed by atoms with Crippen molar-refractivity contribution in [1.82, 2.24) is 9.78 Å². The van der Waals surface area contributed by atoms with Gasteiger partial charge in [0.15, 0.2) is 0 Å². The molecule has 1 heterocycles. The molecule has 0 radical (unpaired) electrons. The molecule has 1 aromatic heterocycles. The van der Waals surface area contributed by atoms with Gasteiger partial charge in [-0.15, -0.1) is 0 Å². The molecule has 2 N–H and O–H groups in total. The number of hydrogen-bond acceptors (Lipinski definition) is 4. The highest BCUT2D eigenvalue weighted by atomic mass is 32.2. The van der Waals surface area contributed by atoms with Crippen molar-refractivity contribution < 1.29 is 13.2 Å². The number of nitrogens with two attached hydrogens (primary N) is 1. The van der Waals surface area contributed by atoms with Gasteiger partial charge in [0.05, 0.1) is 5.69 Å². The van der Waals surface area contributed by atoms with Crippen LogP contribution in [0.1, 0.15) is 16.8 Å². The normalized spacial score (nSPS) is 11.6. The van der Waals surface area contributed by atoms with Gasteiger partial charge >= 0.3 is 0 Å². The molecule has 0 saturated heterocycles. The number of rotatable bonds is 4. The third kappa shape index (κ3) is 3.17. The van der Waals surface area contributed by atoms with Crippen molar-refractivity contribution in [3.05, 3.63) is 41.2 Å². The molecule has 0 aliphatic carbocycles. The average Bonchev–Trinajstić information content (AvgIpc) is 2.72. The molecule has 2 aromatic rings. The van der Waals surface area contributed by atoms with E-state index in [0.717, 1.165) is 11.1 Å². The molecule has 0 fully saturated rings. The van der Waals surface area contributed by atoms with Crippen LogP contribution in [-0.4, -0.2) is 18.2 Å². The molecule has 108 valence electrons. The molecule has 0 bridgehead atoms. The molecule has 0 aliphatic heterocycles. The van der Waals surface area contributed by atoms with Crippen LogP contribution in [0.3, 0.4) is 0 Å². The lowest BCUT2D eigenvalue weighted by molar-refractivity contribution is 0.290. The summed E-state index contributed by atoms with van der Waals surface area (Å²) in [6.07, 6.45) is 1.79. The summed E-state index contributed by atoms with van der Waals surface area (Å²) in [7, 11) is -2.03. The van der Waals surface area contributed by atoms with Gasteiger partial charge in [-0.3, -0.25) is 4.68 Å².